The first kappa shape index (κ1) is 11.6. The normalized spacial score (nSPS) is 31.9. The van der Waals surface area contributed by atoms with Crippen LogP contribution in [0.25, 0.3) is 0 Å². The van der Waals surface area contributed by atoms with Crippen molar-refractivity contribution in [2.75, 3.05) is 0 Å². The van der Waals surface area contributed by atoms with E-state index in [1.807, 2.05) is 5.38 Å². The molecule has 16 heavy (non-hydrogen) atoms. The van der Waals surface area contributed by atoms with E-state index in [0.29, 0.717) is 11.6 Å². The molecule has 0 radical (unpaired) electrons. The van der Waals surface area contributed by atoms with Crippen molar-refractivity contribution in [1.29, 1.82) is 5.26 Å². The van der Waals surface area contributed by atoms with Gasteiger partial charge in [0.1, 0.15) is 6.10 Å². The third kappa shape index (κ3) is 1.98. The monoisotopic (exact) mass is 236 g/mol. The van der Waals surface area contributed by atoms with Crippen molar-refractivity contribution in [3.8, 4) is 6.07 Å². The maximum absolute atomic E-state index is 10.3. The zero-order chi connectivity index (χ0) is 11.6. The lowest BCUT2D eigenvalue weighted by atomic mass is 9.68. The van der Waals surface area contributed by atoms with Gasteiger partial charge in [-0.05, 0) is 31.6 Å². The van der Waals surface area contributed by atoms with Crippen molar-refractivity contribution in [1.82, 2.24) is 4.98 Å². The van der Waals surface area contributed by atoms with Crippen molar-refractivity contribution in [3.05, 3.63) is 16.6 Å². The van der Waals surface area contributed by atoms with Gasteiger partial charge in [0, 0.05) is 5.38 Å². The Labute approximate surface area is 99.8 Å². The summed E-state index contributed by atoms with van der Waals surface area (Å²) in [5.74, 6) is 0.670. The number of thiazole rings is 1. The highest BCUT2D eigenvalue weighted by atomic mass is 32.1. The molecule has 0 aliphatic heterocycles. The molecule has 1 atom stereocenters. The van der Waals surface area contributed by atoms with Gasteiger partial charge < -0.3 is 5.11 Å². The van der Waals surface area contributed by atoms with Gasteiger partial charge in [-0.25, -0.2) is 4.98 Å². The van der Waals surface area contributed by atoms with Crippen molar-refractivity contribution < 1.29 is 5.11 Å². The van der Waals surface area contributed by atoms with Crippen LogP contribution in [-0.4, -0.2) is 10.1 Å². The third-order valence-corrected chi connectivity index (χ3v) is 4.25. The first-order chi connectivity index (χ1) is 7.68. The molecule has 4 heteroatoms. The Kier molecular flexibility index (Phi) is 3.27. The van der Waals surface area contributed by atoms with Crippen LogP contribution in [0.4, 0.5) is 0 Å². The van der Waals surface area contributed by atoms with Crippen LogP contribution in [0.3, 0.4) is 0 Å². The van der Waals surface area contributed by atoms with E-state index >= 15 is 0 Å². The fraction of sp³-hybridized carbons (Fsp3) is 0.667. The molecule has 86 valence electrons. The van der Waals surface area contributed by atoms with Crippen LogP contribution in [0.5, 0.6) is 0 Å². The number of nitriles is 1. The SMILES string of the molecule is CC1CCC(C#N)(C(O)c2cscn2)CC1. The van der Waals surface area contributed by atoms with Crippen molar-refractivity contribution in [2.24, 2.45) is 11.3 Å². The quantitative estimate of drug-likeness (QED) is 0.859. The summed E-state index contributed by atoms with van der Waals surface area (Å²) in [4.78, 5) is 4.12. The Morgan fingerprint density at radius 2 is 2.31 bits per heavy atom. The fourth-order valence-corrected chi connectivity index (χ4v) is 2.94. The van der Waals surface area contributed by atoms with Crippen molar-refractivity contribution >= 4 is 11.3 Å². The van der Waals surface area contributed by atoms with Crippen LogP contribution in [-0.2, 0) is 0 Å². The zero-order valence-electron chi connectivity index (χ0n) is 9.39. The second kappa shape index (κ2) is 4.52. The van der Waals surface area contributed by atoms with E-state index in [0.717, 1.165) is 25.7 Å². The Balaban J connectivity index is 2.19. The molecule has 2 rings (SSSR count). The van der Waals surface area contributed by atoms with Gasteiger partial charge >= 0.3 is 0 Å². The molecule has 0 bridgehead atoms. The van der Waals surface area contributed by atoms with E-state index in [-0.39, 0.29) is 0 Å². The van der Waals surface area contributed by atoms with Crippen molar-refractivity contribution in [2.45, 2.75) is 38.7 Å². The van der Waals surface area contributed by atoms with E-state index in [9.17, 15) is 10.4 Å². The minimum Gasteiger partial charge on any atom is -0.385 e. The van der Waals surface area contributed by atoms with Gasteiger partial charge in [0.2, 0.25) is 0 Å². The summed E-state index contributed by atoms with van der Waals surface area (Å²) in [7, 11) is 0. The lowest BCUT2D eigenvalue weighted by Crippen LogP contribution is -2.32. The average molecular weight is 236 g/mol. The summed E-state index contributed by atoms with van der Waals surface area (Å²) in [5.41, 5.74) is 1.75. The maximum Gasteiger partial charge on any atom is 0.115 e. The summed E-state index contributed by atoms with van der Waals surface area (Å²) >= 11 is 1.46. The highest BCUT2D eigenvalue weighted by molar-refractivity contribution is 7.07. The summed E-state index contributed by atoms with van der Waals surface area (Å²) in [6.07, 6.45) is 2.88. The first-order valence-electron chi connectivity index (χ1n) is 5.65. The second-order valence-corrected chi connectivity index (χ2v) is 5.48. The molecule has 1 heterocycles. The van der Waals surface area contributed by atoms with Gasteiger partial charge in [-0.15, -0.1) is 11.3 Å². The Bertz CT molecular complexity index is 374. The molecule has 0 spiro atoms. The molecular formula is C12H16N2OS. The Morgan fingerprint density at radius 1 is 1.62 bits per heavy atom. The molecule has 0 aromatic carbocycles. The predicted octanol–water partition coefficient (Wildman–Crippen LogP) is 2.90. The number of rotatable bonds is 2. The molecule has 0 amide bonds. The van der Waals surface area contributed by atoms with Gasteiger partial charge in [0.05, 0.1) is 22.7 Å². The number of hydrogen-bond acceptors (Lipinski definition) is 4. The minimum atomic E-state index is -0.726. The van der Waals surface area contributed by atoms with Crippen LogP contribution in [0.1, 0.15) is 44.4 Å². The van der Waals surface area contributed by atoms with Crippen LogP contribution < -0.4 is 0 Å². The molecule has 1 aliphatic rings. The molecule has 1 aromatic heterocycles. The number of nitrogens with zero attached hydrogens (tertiary/aromatic N) is 2. The molecule has 1 aromatic rings. The van der Waals surface area contributed by atoms with E-state index in [1.165, 1.54) is 11.3 Å². The lowest BCUT2D eigenvalue weighted by molar-refractivity contribution is 0.0241. The highest BCUT2D eigenvalue weighted by Gasteiger charge is 2.42. The third-order valence-electron chi connectivity index (χ3n) is 3.64. The number of aliphatic hydroxyl groups is 1. The average Bonchev–Trinajstić information content (AvgIpc) is 2.83. The van der Waals surface area contributed by atoms with Gasteiger partial charge in [-0.3, -0.25) is 0 Å². The van der Waals surface area contributed by atoms with Crippen LogP contribution in [0.2, 0.25) is 0 Å². The first-order valence-corrected chi connectivity index (χ1v) is 6.59. The zero-order valence-corrected chi connectivity index (χ0v) is 10.2. The minimum absolute atomic E-state index is 0.611. The van der Waals surface area contributed by atoms with Crippen LogP contribution >= 0.6 is 11.3 Å². The van der Waals surface area contributed by atoms with Crippen LogP contribution in [0.15, 0.2) is 10.9 Å². The predicted molar refractivity (Wildman–Crippen MR) is 62.8 cm³/mol. The molecule has 1 aliphatic carbocycles. The maximum atomic E-state index is 10.3. The standard InChI is InChI=1S/C12H16N2OS/c1-9-2-4-12(7-13,5-3-9)11(15)10-6-16-8-14-10/h6,8-9,11,15H,2-5H2,1H3. The van der Waals surface area contributed by atoms with E-state index < -0.39 is 11.5 Å². The largest absolute Gasteiger partial charge is 0.385 e. The topological polar surface area (TPSA) is 56.9 Å². The van der Waals surface area contributed by atoms with Crippen molar-refractivity contribution in [3.63, 3.8) is 0 Å². The van der Waals surface area contributed by atoms with Gasteiger partial charge in [-0.2, -0.15) is 5.26 Å². The fourth-order valence-electron chi connectivity index (χ4n) is 2.36. The molecule has 3 nitrogen and oxygen atoms in total. The smallest absolute Gasteiger partial charge is 0.115 e. The summed E-state index contributed by atoms with van der Waals surface area (Å²) in [6, 6.07) is 2.34. The van der Waals surface area contributed by atoms with Gasteiger partial charge in [0.25, 0.3) is 0 Å². The van der Waals surface area contributed by atoms with E-state index in [2.05, 4.69) is 18.0 Å². The number of hydrogen-bond donors (Lipinski definition) is 1. The summed E-state index contributed by atoms with van der Waals surface area (Å²) in [6.45, 7) is 2.20. The van der Waals surface area contributed by atoms with Gasteiger partial charge in [-0.1, -0.05) is 6.92 Å². The molecule has 1 fully saturated rings. The van der Waals surface area contributed by atoms with Crippen LogP contribution in [0, 0.1) is 22.7 Å². The molecule has 0 saturated heterocycles. The molecular weight excluding hydrogens is 220 g/mol. The summed E-state index contributed by atoms with van der Waals surface area (Å²) in [5, 5.41) is 21.5. The highest BCUT2D eigenvalue weighted by Crippen LogP contribution is 2.46. The van der Waals surface area contributed by atoms with E-state index in [4.69, 9.17) is 0 Å². The summed E-state index contributed by atoms with van der Waals surface area (Å²) < 4.78 is 0. The second-order valence-electron chi connectivity index (χ2n) is 4.77. The molecule has 1 N–H and O–H groups in total. The van der Waals surface area contributed by atoms with E-state index in [1.54, 1.807) is 5.51 Å². The Hall–Kier alpha value is -0.920. The van der Waals surface area contributed by atoms with Gasteiger partial charge in [0.15, 0.2) is 0 Å². The Morgan fingerprint density at radius 3 is 2.81 bits per heavy atom. The molecule has 1 unspecified atom stereocenters. The molecule has 1 saturated carbocycles. The lowest BCUT2D eigenvalue weighted by Gasteiger charge is -2.36. The number of aromatic nitrogens is 1. The number of aliphatic hydroxyl groups excluding tert-OH is 1.